The Labute approximate surface area is 198 Å². The first kappa shape index (κ1) is 23.6. The van der Waals surface area contributed by atoms with Crippen LogP contribution in [0.4, 0.5) is 4.39 Å². The van der Waals surface area contributed by atoms with Crippen molar-refractivity contribution in [3.05, 3.63) is 77.9 Å². The molecule has 0 spiro atoms. The Morgan fingerprint density at radius 3 is 2.55 bits per heavy atom. The maximum atomic E-state index is 13.5. The van der Waals surface area contributed by atoms with Crippen molar-refractivity contribution in [1.29, 1.82) is 0 Å². The van der Waals surface area contributed by atoms with Gasteiger partial charge in [-0.05, 0) is 73.5 Å². The van der Waals surface area contributed by atoms with Crippen molar-refractivity contribution < 1.29 is 9.13 Å². The fourth-order valence-electron chi connectivity index (χ4n) is 4.99. The van der Waals surface area contributed by atoms with Crippen LogP contribution in [0.2, 0.25) is 0 Å². The quantitative estimate of drug-likeness (QED) is 0.513. The molecule has 2 saturated heterocycles. The Bertz CT molecular complexity index is 896. The third kappa shape index (κ3) is 6.50. The molecule has 2 aromatic rings. The molecular weight excluding hydrogens is 413 g/mol. The average molecular weight is 452 g/mol. The highest BCUT2D eigenvalue weighted by Gasteiger charge is 2.34. The SMILES string of the molecule is C=C(NCc1ccc(OCC(C)C)cc1)N(Cc1ccc(F)cc1)[C@@H]1CCN2CCC[C@H]2C1. The maximum absolute atomic E-state index is 13.5. The monoisotopic (exact) mass is 451 g/mol. The Kier molecular flexibility index (Phi) is 7.92. The summed E-state index contributed by atoms with van der Waals surface area (Å²) in [6, 6.07) is 16.3. The molecule has 1 N–H and O–H groups in total. The van der Waals surface area contributed by atoms with Crippen molar-refractivity contribution in [2.24, 2.45) is 5.92 Å². The zero-order chi connectivity index (χ0) is 23.2. The Morgan fingerprint density at radius 1 is 1.09 bits per heavy atom. The van der Waals surface area contributed by atoms with Gasteiger partial charge in [-0.25, -0.2) is 4.39 Å². The van der Waals surface area contributed by atoms with Crippen molar-refractivity contribution in [2.45, 2.75) is 64.7 Å². The molecule has 0 radical (unpaired) electrons. The van der Waals surface area contributed by atoms with E-state index in [1.54, 1.807) is 12.1 Å². The first-order valence-corrected chi connectivity index (χ1v) is 12.4. The van der Waals surface area contributed by atoms with Crippen LogP contribution in [0.1, 0.15) is 50.7 Å². The summed E-state index contributed by atoms with van der Waals surface area (Å²) < 4.78 is 19.2. The van der Waals surface area contributed by atoms with E-state index in [1.807, 2.05) is 24.3 Å². The van der Waals surface area contributed by atoms with Crippen molar-refractivity contribution in [3.8, 4) is 5.75 Å². The van der Waals surface area contributed by atoms with Gasteiger partial charge < -0.3 is 19.9 Å². The number of hydrogen-bond acceptors (Lipinski definition) is 4. The number of ether oxygens (including phenoxy) is 1. The largest absolute Gasteiger partial charge is 0.493 e. The summed E-state index contributed by atoms with van der Waals surface area (Å²) in [5.74, 6) is 2.17. The number of fused-ring (bicyclic) bond motifs is 1. The Balaban J connectivity index is 1.39. The first-order valence-electron chi connectivity index (χ1n) is 12.4. The molecule has 0 bridgehead atoms. The van der Waals surface area contributed by atoms with Crippen LogP contribution in [0.5, 0.6) is 5.75 Å². The molecule has 0 unspecified atom stereocenters. The van der Waals surface area contributed by atoms with Crippen molar-refractivity contribution in [1.82, 2.24) is 15.1 Å². The van der Waals surface area contributed by atoms with E-state index in [-0.39, 0.29) is 5.82 Å². The lowest BCUT2D eigenvalue weighted by Gasteiger charge is -2.42. The van der Waals surface area contributed by atoms with E-state index in [9.17, 15) is 4.39 Å². The topological polar surface area (TPSA) is 27.7 Å². The van der Waals surface area contributed by atoms with Gasteiger partial charge >= 0.3 is 0 Å². The van der Waals surface area contributed by atoms with Crippen LogP contribution in [0.3, 0.4) is 0 Å². The van der Waals surface area contributed by atoms with Crippen LogP contribution in [-0.2, 0) is 13.1 Å². The molecular formula is C28H38FN3O. The smallest absolute Gasteiger partial charge is 0.123 e. The number of benzene rings is 2. The van der Waals surface area contributed by atoms with Gasteiger partial charge in [0.15, 0.2) is 0 Å². The molecule has 5 heteroatoms. The second-order valence-electron chi connectivity index (χ2n) is 9.91. The molecule has 0 saturated carbocycles. The minimum absolute atomic E-state index is 0.192. The highest BCUT2D eigenvalue weighted by Crippen LogP contribution is 2.31. The van der Waals surface area contributed by atoms with Gasteiger partial charge in [0.2, 0.25) is 0 Å². The van der Waals surface area contributed by atoms with Crippen LogP contribution in [0.15, 0.2) is 60.9 Å². The van der Waals surface area contributed by atoms with E-state index in [0.717, 1.165) is 43.3 Å². The molecule has 4 rings (SSSR count). The summed E-state index contributed by atoms with van der Waals surface area (Å²) in [5, 5.41) is 3.56. The number of nitrogens with zero attached hydrogens (tertiary/aromatic N) is 2. The van der Waals surface area contributed by atoms with E-state index in [0.29, 0.717) is 24.5 Å². The molecule has 0 amide bonds. The average Bonchev–Trinajstić information content (AvgIpc) is 3.29. The van der Waals surface area contributed by atoms with Gasteiger partial charge in [-0.1, -0.05) is 44.7 Å². The summed E-state index contributed by atoms with van der Waals surface area (Å²) in [5.41, 5.74) is 2.31. The fraction of sp³-hybridized carbons (Fsp3) is 0.500. The normalized spacial score (nSPS) is 20.5. The molecule has 178 valence electrons. The summed E-state index contributed by atoms with van der Waals surface area (Å²) in [6.07, 6.45) is 4.92. The molecule has 0 aromatic heterocycles. The summed E-state index contributed by atoms with van der Waals surface area (Å²) in [7, 11) is 0. The molecule has 4 nitrogen and oxygen atoms in total. The van der Waals surface area contributed by atoms with E-state index >= 15 is 0 Å². The van der Waals surface area contributed by atoms with Gasteiger partial charge in [0.25, 0.3) is 0 Å². The zero-order valence-electron chi connectivity index (χ0n) is 20.1. The van der Waals surface area contributed by atoms with Crippen molar-refractivity contribution >= 4 is 0 Å². The Morgan fingerprint density at radius 2 is 1.82 bits per heavy atom. The number of hydrogen-bond donors (Lipinski definition) is 1. The van der Waals surface area contributed by atoms with Gasteiger partial charge in [-0.15, -0.1) is 0 Å². The third-order valence-corrected chi connectivity index (χ3v) is 6.85. The molecule has 2 aliphatic rings. The van der Waals surface area contributed by atoms with Gasteiger partial charge in [-0.3, -0.25) is 0 Å². The van der Waals surface area contributed by atoms with Gasteiger partial charge in [0.05, 0.1) is 12.4 Å². The van der Waals surface area contributed by atoms with Crippen LogP contribution >= 0.6 is 0 Å². The molecule has 2 aromatic carbocycles. The van der Waals surface area contributed by atoms with Crippen molar-refractivity contribution in [2.75, 3.05) is 19.7 Å². The maximum Gasteiger partial charge on any atom is 0.123 e. The highest BCUT2D eigenvalue weighted by molar-refractivity contribution is 5.27. The first-order chi connectivity index (χ1) is 16.0. The van der Waals surface area contributed by atoms with Gasteiger partial charge in [0, 0.05) is 31.7 Å². The summed E-state index contributed by atoms with van der Waals surface area (Å²) in [4.78, 5) is 5.05. The van der Waals surface area contributed by atoms with Crippen LogP contribution in [0.25, 0.3) is 0 Å². The van der Waals surface area contributed by atoms with Crippen LogP contribution in [0, 0.1) is 11.7 Å². The Hall–Kier alpha value is -2.53. The van der Waals surface area contributed by atoms with E-state index in [2.05, 4.69) is 47.7 Å². The summed E-state index contributed by atoms with van der Waals surface area (Å²) in [6.45, 7) is 13.3. The second-order valence-corrected chi connectivity index (χ2v) is 9.91. The van der Waals surface area contributed by atoms with Crippen molar-refractivity contribution in [3.63, 3.8) is 0 Å². The summed E-state index contributed by atoms with van der Waals surface area (Å²) >= 11 is 0. The number of nitrogens with one attached hydrogen (secondary N) is 1. The second kappa shape index (κ2) is 11.1. The van der Waals surface area contributed by atoms with Gasteiger partial charge in [0.1, 0.15) is 11.6 Å². The lowest BCUT2D eigenvalue weighted by molar-refractivity contribution is 0.0998. The molecule has 2 heterocycles. The minimum Gasteiger partial charge on any atom is -0.493 e. The molecule has 2 aliphatic heterocycles. The molecule has 2 atom stereocenters. The number of rotatable bonds is 10. The third-order valence-electron chi connectivity index (χ3n) is 6.85. The lowest BCUT2D eigenvalue weighted by atomic mass is 9.95. The van der Waals surface area contributed by atoms with Crippen LogP contribution in [-0.4, -0.2) is 41.6 Å². The predicted octanol–water partition coefficient (Wildman–Crippen LogP) is 5.55. The molecule has 2 fully saturated rings. The van der Waals surface area contributed by atoms with E-state index in [4.69, 9.17) is 4.74 Å². The number of halogens is 1. The number of piperidine rings is 1. The van der Waals surface area contributed by atoms with E-state index in [1.165, 1.54) is 31.4 Å². The molecule has 0 aliphatic carbocycles. The molecule has 33 heavy (non-hydrogen) atoms. The van der Waals surface area contributed by atoms with Gasteiger partial charge in [-0.2, -0.15) is 0 Å². The fourth-order valence-corrected chi connectivity index (χ4v) is 4.99. The zero-order valence-corrected chi connectivity index (χ0v) is 20.1. The minimum atomic E-state index is -0.192. The highest BCUT2D eigenvalue weighted by atomic mass is 19.1. The van der Waals surface area contributed by atoms with E-state index < -0.39 is 0 Å². The lowest BCUT2D eigenvalue weighted by Crippen LogP contribution is -2.48. The predicted molar refractivity (Wildman–Crippen MR) is 132 cm³/mol. The van der Waals surface area contributed by atoms with Crippen LogP contribution < -0.4 is 10.1 Å². The standard InChI is InChI=1S/C28H38FN3O/c1-21(2)20-33-28-12-8-23(9-13-28)18-30-22(3)32(19-24-6-10-25(29)11-7-24)27-14-16-31-15-4-5-26(31)17-27/h6-13,21,26-27,30H,3-5,14-20H2,1-2H3/t26-,27+/m0/s1.